The first-order valence-electron chi connectivity index (χ1n) is 9.21. The number of rotatable bonds is 7. The monoisotopic (exact) mass is 367 g/mol. The van der Waals surface area contributed by atoms with Crippen LogP contribution in [0.5, 0.6) is 0 Å². The molecule has 2 unspecified atom stereocenters. The molecule has 2 rings (SSSR count). The molecule has 5 nitrogen and oxygen atoms in total. The number of carbonyl (C=O) groups excluding carboxylic acids is 2. The molecule has 0 aromatic heterocycles. The van der Waals surface area contributed by atoms with E-state index >= 15 is 0 Å². The molecule has 0 heterocycles. The van der Waals surface area contributed by atoms with Crippen molar-refractivity contribution >= 4 is 17.5 Å². The molecule has 0 fully saturated rings. The van der Waals surface area contributed by atoms with Gasteiger partial charge in [-0.25, -0.2) is 0 Å². The van der Waals surface area contributed by atoms with Crippen molar-refractivity contribution in [2.24, 2.45) is 0 Å². The first-order valence-corrected chi connectivity index (χ1v) is 9.21. The van der Waals surface area contributed by atoms with E-state index in [1.165, 1.54) is 0 Å². The lowest BCUT2D eigenvalue weighted by molar-refractivity contribution is -0.127. The molecule has 0 aliphatic heterocycles. The summed E-state index contributed by atoms with van der Waals surface area (Å²) < 4.78 is 0. The molecule has 0 bridgehead atoms. The number of hydrogen-bond acceptors (Lipinski definition) is 3. The summed E-state index contributed by atoms with van der Waals surface area (Å²) in [5.41, 5.74) is 4.04. The normalized spacial score (nSPS) is 13.1. The maximum absolute atomic E-state index is 12.5. The Morgan fingerprint density at radius 2 is 1.67 bits per heavy atom. The summed E-state index contributed by atoms with van der Waals surface area (Å²) in [5, 5.41) is 5.93. The maximum Gasteiger partial charge on any atom is 0.238 e. The van der Waals surface area contributed by atoms with Crippen molar-refractivity contribution in [2.75, 3.05) is 18.9 Å². The Hall–Kier alpha value is -2.66. The Labute approximate surface area is 161 Å². The van der Waals surface area contributed by atoms with Gasteiger partial charge in [-0.3, -0.25) is 14.5 Å². The third kappa shape index (κ3) is 5.66. The lowest BCUT2D eigenvalue weighted by atomic mass is 10.1. The van der Waals surface area contributed by atoms with Gasteiger partial charge in [-0.05, 0) is 57.5 Å². The van der Waals surface area contributed by atoms with E-state index in [2.05, 4.69) is 10.6 Å². The van der Waals surface area contributed by atoms with E-state index in [1.807, 2.05) is 69.3 Å². The van der Waals surface area contributed by atoms with Gasteiger partial charge in [0.2, 0.25) is 11.8 Å². The summed E-state index contributed by atoms with van der Waals surface area (Å²) >= 11 is 0. The SMILES string of the molecule is Cc1cccc(NC(=O)CN(C)C(C)C(=O)NC(C)c2ccccc2)c1C. The largest absolute Gasteiger partial charge is 0.348 e. The number of nitrogens with zero attached hydrogens (tertiary/aromatic N) is 1. The smallest absolute Gasteiger partial charge is 0.238 e. The molecule has 2 aromatic carbocycles. The maximum atomic E-state index is 12.5. The van der Waals surface area contributed by atoms with Gasteiger partial charge < -0.3 is 10.6 Å². The van der Waals surface area contributed by atoms with Crippen LogP contribution in [-0.2, 0) is 9.59 Å². The Bertz CT molecular complexity index is 789. The van der Waals surface area contributed by atoms with Crippen LogP contribution in [0.1, 0.15) is 36.6 Å². The first kappa shape index (κ1) is 20.6. The van der Waals surface area contributed by atoms with Crippen molar-refractivity contribution in [3.8, 4) is 0 Å². The van der Waals surface area contributed by atoms with Crippen LogP contribution < -0.4 is 10.6 Å². The zero-order valence-electron chi connectivity index (χ0n) is 16.7. The minimum atomic E-state index is -0.416. The lowest BCUT2D eigenvalue weighted by Gasteiger charge is -2.25. The molecule has 2 aromatic rings. The third-order valence-corrected chi connectivity index (χ3v) is 4.97. The second-order valence-corrected chi connectivity index (χ2v) is 7.03. The molecule has 0 saturated carbocycles. The van der Waals surface area contributed by atoms with E-state index in [0.717, 1.165) is 22.4 Å². The van der Waals surface area contributed by atoms with Crippen LogP contribution in [0.2, 0.25) is 0 Å². The Morgan fingerprint density at radius 1 is 1.00 bits per heavy atom. The second kappa shape index (κ2) is 9.33. The molecular weight excluding hydrogens is 338 g/mol. The molecule has 144 valence electrons. The van der Waals surface area contributed by atoms with Crippen molar-refractivity contribution in [2.45, 2.75) is 39.8 Å². The molecule has 5 heteroatoms. The number of anilines is 1. The highest BCUT2D eigenvalue weighted by molar-refractivity contribution is 5.93. The fourth-order valence-corrected chi connectivity index (χ4v) is 2.80. The van der Waals surface area contributed by atoms with Gasteiger partial charge >= 0.3 is 0 Å². The molecule has 0 spiro atoms. The van der Waals surface area contributed by atoms with Crippen LogP contribution in [-0.4, -0.2) is 36.3 Å². The fourth-order valence-electron chi connectivity index (χ4n) is 2.80. The highest BCUT2D eigenvalue weighted by Gasteiger charge is 2.22. The quantitative estimate of drug-likeness (QED) is 0.788. The van der Waals surface area contributed by atoms with E-state index in [0.29, 0.717) is 0 Å². The van der Waals surface area contributed by atoms with Gasteiger partial charge in [0.1, 0.15) is 0 Å². The van der Waals surface area contributed by atoms with Gasteiger partial charge in [-0.1, -0.05) is 42.5 Å². The van der Waals surface area contributed by atoms with Gasteiger partial charge in [0.25, 0.3) is 0 Å². The average Bonchev–Trinajstić information content (AvgIpc) is 2.65. The van der Waals surface area contributed by atoms with Crippen molar-refractivity contribution in [3.05, 3.63) is 65.2 Å². The zero-order chi connectivity index (χ0) is 20.0. The molecule has 0 aliphatic rings. The van der Waals surface area contributed by atoms with Crippen LogP contribution in [0.25, 0.3) is 0 Å². The Kier molecular flexibility index (Phi) is 7.13. The van der Waals surface area contributed by atoms with E-state index in [1.54, 1.807) is 18.9 Å². The molecule has 0 aliphatic carbocycles. The lowest BCUT2D eigenvalue weighted by Crippen LogP contribution is -2.46. The van der Waals surface area contributed by atoms with Gasteiger partial charge in [0.15, 0.2) is 0 Å². The fraction of sp³-hybridized carbons (Fsp3) is 0.364. The topological polar surface area (TPSA) is 61.4 Å². The number of nitrogens with one attached hydrogen (secondary N) is 2. The van der Waals surface area contributed by atoms with Crippen molar-refractivity contribution < 1.29 is 9.59 Å². The molecule has 0 saturated heterocycles. The summed E-state index contributed by atoms with van der Waals surface area (Å²) in [5.74, 6) is -0.240. The summed E-state index contributed by atoms with van der Waals surface area (Å²) in [7, 11) is 1.78. The van der Waals surface area contributed by atoms with Crippen LogP contribution in [0.4, 0.5) is 5.69 Å². The standard InChI is InChI=1S/C22H29N3O2/c1-15-10-9-13-20(16(15)2)24-21(26)14-25(5)18(4)22(27)23-17(3)19-11-7-6-8-12-19/h6-13,17-18H,14H2,1-5H3,(H,23,27)(H,24,26). The third-order valence-electron chi connectivity index (χ3n) is 4.97. The molecular formula is C22H29N3O2. The number of hydrogen-bond donors (Lipinski definition) is 2. The van der Waals surface area contributed by atoms with E-state index < -0.39 is 6.04 Å². The van der Waals surface area contributed by atoms with Crippen molar-refractivity contribution in [1.29, 1.82) is 0 Å². The van der Waals surface area contributed by atoms with E-state index in [-0.39, 0.29) is 24.4 Å². The molecule has 2 amide bonds. The number of amides is 2. The number of likely N-dealkylation sites (N-methyl/N-ethyl adjacent to an activating group) is 1. The first-order chi connectivity index (χ1) is 12.8. The zero-order valence-corrected chi connectivity index (χ0v) is 16.7. The van der Waals surface area contributed by atoms with E-state index in [9.17, 15) is 9.59 Å². The van der Waals surface area contributed by atoms with Crippen LogP contribution in [0.15, 0.2) is 48.5 Å². The van der Waals surface area contributed by atoms with Crippen LogP contribution in [0, 0.1) is 13.8 Å². The van der Waals surface area contributed by atoms with Gasteiger partial charge in [0, 0.05) is 5.69 Å². The van der Waals surface area contributed by atoms with Crippen molar-refractivity contribution in [3.63, 3.8) is 0 Å². The minimum Gasteiger partial charge on any atom is -0.348 e. The average molecular weight is 367 g/mol. The van der Waals surface area contributed by atoms with Gasteiger partial charge in [-0.2, -0.15) is 0 Å². The molecule has 2 atom stereocenters. The van der Waals surface area contributed by atoms with Gasteiger partial charge in [-0.15, -0.1) is 0 Å². The molecule has 0 radical (unpaired) electrons. The highest BCUT2D eigenvalue weighted by Crippen LogP contribution is 2.18. The highest BCUT2D eigenvalue weighted by atomic mass is 16.2. The van der Waals surface area contributed by atoms with Gasteiger partial charge in [0.05, 0.1) is 18.6 Å². The Morgan fingerprint density at radius 3 is 2.33 bits per heavy atom. The minimum absolute atomic E-state index is 0.0849. The summed E-state index contributed by atoms with van der Waals surface area (Å²) in [6.07, 6.45) is 0. The molecule has 27 heavy (non-hydrogen) atoms. The summed E-state index contributed by atoms with van der Waals surface area (Å²) in [4.78, 5) is 26.6. The van der Waals surface area contributed by atoms with Crippen LogP contribution >= 0.6 is 0 Å². The summed E-state index contributed by atoms with van der Waals surface area (Å²) in [6, 6.07) is 15.1. The number of benzene rings is 2. The second-order valence-electron chi connectivity index (χ2n) is 7.03. The number of carbonyl (C=O) groups is 2. The van der Waals surface area contributed by atoms with E-state index in [4.69, 9.17) is 0 Å². The predicted octanol–water partition coefficient (Wildman–Crippen LogP) is 3.44. The Balaban J connectivity index is 1.90. The number of aryl methyl sites for hydroxylation is 1. The summed E-state index contributed by atoms with van der Waals surface area (Å²) in [6.45, 7) is 7.89. The molecule has 2 N–H and O–H groups in total. The van der Waals surface area contributed by atoms with Crippen LogP contribution in [0.3, 0.4) is 0 Å². The van der Waals surface area contributed by atoms with Crippen molar-refractivity contribution in [1.82, 2.24) is 10.2 Å². The predicted molar refractivity (Wildman–Crippen MR) is 110 cm³/mol.